The Morgan fingerprint density at radius 2 is 1.77 bits per heavy atom. The van der Waals surface area contributed by atoms with E-state index in [1.54, 1.807) is 0 Å². The van der Waals surface area contributed by atoms with E-state index in [0.717, 1.165) is 37.2 Å². The number of ether oxygens (including phenoxy) is 1. The zero-order chi connectivity index (χ0) is 18.1. The van der Waals surface area contributed by atoms with Crippen LogP contribution in [0, 0.1) is 5.92 Å². The Balaban J connectivity index is 1.51. The van der Waals surface area contributed by atoms with Gasteiger partial charge < -0.3 is 9.64 Å². The fraction of sp³-hybridized carbons (Fsp3) is 0.348. The van der Waals surface area contributed by atoms with E-state index in [0.29, 0.717) is 0 Å². The van der Waals surface area contributed by atoms with Crippen molar-refractivity contribution in [2.75, 3.05) is 13.1 Å². The number of carbonyl (C=O) groups is 1. The average Bonchev–Trinajstić information content (AvgIpc) is 2.68. The number of benzene rings is 2. The van der Waals surface area contributed by atoms with Gasteiger partial charge in [0, 0.05) is 37.4 Å². The minimum absolute atomic E-state index is 0.0593. The van der Waals surface area contributed by atoms with Crippen LogP contribution < -0.4 is 4.74 Å². The third-order valence-corrected chi connectivity index (χ3v) is 5.41. The number of hydrogen-bond acceptors (Lipinski definition) is 2. The molecule has 0 aromatic heterocycles. The first-order chi connectivity index (χ1) is 12.6. The zero-order valence-corrected chi connectivity index (χ0v) is 15.4. The first kappa shape index (κ1) is 16.9. The largest absolute Gasteiger partial charge is 0.482 e. The van der Waals surface area contributed by atoms with Crippen LogP contribution >= 0.6 is 0 Å². The zero-order valence-electron chi connectivity index (χ0n) is 15.4. The maximum Gasteiger partial charge on any atom is 0.225 e. The molecule has 2 aliphatic heterocycles. The number of piperidine rings is 1. The van der Waals surface area contributed by atoms with Crippen molar-refractivity contribution in [3.05, 3.63) is 60.2 Å². The number of carbonyl (C=O) groups excluding carboxylic acids is 1. The number of fused-ring (bicyclic) bond motifs is 1. The van der Waals surface area contributed by atoms with Gasteiger partial charge in [-0.05, 0) is 29.3 Å². The standard InChI is InChI=1S/C23H25NO2/c1-17(2)22(25)24-14-12-23(13-15-24)11-10-20-16-19(8-9-21(20)26-23)18-6-4-3-5-7-18/h3-11,16-17H,12-15H2,1-2H3. The summed E-state index contributed by atoms with van der Waals surface area (Å²) in [5.74, 6) is 1.24. The first-order valence-electron chi connectivity index (χ1n) is 9.43. The molecule has 0 bridgehead atoms. The molecule has 0 unspecified atom stereocenters. The summed E-state index contributed by atoms with van der Waals surface area (Å²) in [6, 6.07) is 16.8. The number of amides is 1. The summed E-state index contributed by atoms with van der Waals surface area (Å²) < 4.78 is 6.42. The van der Waals surface area contributed by atoms with E-state index in [9.17, 15) is 4.79 Å². The van der Waals surface area contributed by atoms with Gasteiger partial charge in [0.15, 0.2) is 0 Å². The van der Waals surface area contributed by atoms with Crippen molar-refractivity contribution in [1.82, 2.24) is 4.90 Å². The van der Waals surface area contributed by atoms with E-state index in [-0.39, 0.29) is 17.4 Å². The Bertz CT molecular complexity index is 831. The summed E-state index contributed by atoms with van der Waals surface area (Å²) in [5.41, 5.74) is 3.27. The quantitative estimate of drug-likeness (QED) is 0.783. The summed E-state index contributed by atoms with van der Waals surface area (Å²) in [6.07, 6.45) is 6.08. The maximum atomic E-state index is 12.2. The lowest BCUT2D eigenvalue weighted by Crippen LogP contribution is -2.50. The molecule has 26 heavy (non-hydrogen) atoms. The molecule has 0 saturated carbocycles. The molecule has 3 heteroatoms. The Morgan fingerprint density at radius 3 is 2.46 bits per heavy atom. The SMILES string of the molecule is CC(C)C(=O)N1CCC2(C=Cc3cc(-c4ccccc4)ccc3O2)CC1. The summed E-state index contributed by atoms with van der Waals surface area (Å²) >= 11 is 0. The van der Waals surface area contributed by atoms with E-state index in [4.69, 9.17) is 4.74 Å². The van der Waals surface area contributed by atoms with Crippen molar-refractivity contribution in [3.8, 4) is 16.9 Å². The van der Waals surface area contributed by atoms with E-state index in [1.807, 2.05) is 24.8 Å². The Labute approximate surface area is 155 Å². The van der Waals surface area contributed by atoms with Crippen LogP contribution in [0.2, 0.25) is 0 Å². The lowest BCUT2D eigenvalue weighted by molar-refractivity contribution is -0.137. The molecule has 2 aromatic carbocycles. The van der Waals surface area contributed by atoms with Crippen molar-refractivity contribution in [2.45, 2.75) is 32.3 Å². The predicted octanol–water partition coefficient (Wildman–Crippen LogP) is 4.78. The monoisotopic (exact) mass is 347 g/mol. The summed E-state index contributed by atoms with van der Waals surface area (Å²) in [4.78, 5) is 14.2. The molecule has 0 N–H and O–H groups in total. The fourth-order valence-corrected chi connectivity index (χ4v) is 3.82. The predicted molar refractivity (Wildman–Crippen MR) is 105 cm³/mol. The summed E-state index contributed by atoms with van der Waals surface area (Å²) in [5, 5.41) is 0. The van der Waals surface area contributed by atoms with Crippen molar-refractivity contribution < 1.29 is 9.53 Å². The second-order valence-corrected chi connectivity index (χ2v) is 7.60. The van der Waals surface area contributed by atoms with Gasteiger partial charge in [0.05, 0.1) is 0 Å². The molecule has 1 spiro atoms. The molecular formula is C23H25NO2. The molecule has 0 radical (unpaired) electrons. The van der Waals surface area contributed by atoms with E-state index >= 15 is 0 Å². The summed E-state index contributed by atoms with van der Waals surface area (Å²) in [6.45, 7) is 5.45. The van der Waals surface area contributed by atoms with Crippen molar-refractivity contribution in [3.63, 3.8) is 0 Å². The van der Waals surface area contributed by atoms with Gasteiger partial charge in [0.25, 0.3) is 0 Å². The van der Waals surface area contributed by atoms with E-state index < -0.39 is 0 Å². The maximum absolute atomic E-state index is 12.2. The van der Waals surface area contributed by atoms with Gasteiger partial charge in [0.1, 0.15) is 11.4 Å². The highest BCUT2D eigenvalue weighted by atomic mass is 16.5. The van der Waals surface area contributed by atoms with Crippen LogP contribution in [0.1, 0.15) is 32.3 Å². The third kappa shape index (κ3) is 3.14. The van der Waals surface area contributed by atoms with Gasteiger partial charge in [-0.1, -0.05) is 56.3 Å². The number of likely N-dealkylation sites (tertiary alicyclic amines) is 1. The second-order valence-electron chi connectivity index (χ2n) is 7.60. The number of nitrogens with zero attached hydrogens (tertiary/aromatic N) is 1. The normalized spacial score (nSPS) is 17.9. The highest BCUT2D eigenvalue weighted by molar-refractivity contribution is 5.78. The van der Waals surface area contributed by atoms with E-state index in [2.05, 4.69) is 54.6 Å². The molecule has 2 aromatic rings. The van der Waals surface area contributed by atoms with Gasteiger partial charge in [-0.15, -0.1) is 0 Å². The molecule has 0 atom stereocenters. The van der Waals surface area contributed by atoms with Crippen LogP contribution in [-0.2, 0) is 4.79 Å². The van der Waals surface area contributed by atoms with Crippen LogP contribution in [-0.4, -0.2) is 29.5 Å². The van der Waals surface area contributed by atoms with Crippen LogP contribution in [0.15, 0.2) is 54.6 Å². The van der Waals surface area contributed by atoms with Crippen LogP contribution in [0.25, 0.3) is 17.2 Å². The fourth-order valence-electron chi connectivity index (χ4n) is 3.82. The molecule has 4 rings (SSSR count). The van der Waals surface area contributed by atoms with Gasteiger partial charge in [-0.3, -0.25) is 4.79 Å². The highest BCUT2D eigenvalue weighted by Crippen LogP contribution is 2.38. The van der Waals surface area contributed by atoms with Crippen LogP contribution in [0.3, 0.4) is 0 Å². The third-order valence-electron chi connectivity index (χ3n) is 5.41. The smallest absolute Gasteiger partial charge is 0.225 e. The molecule has 1 fully saturated rings. The Hall–Kier alpha value is -2.55. The number of hydrogen-bond donors (Lipinski definition) is 0. The molecule has 3 nitrogen and oxygen atoms in total. The van der Waals surface area contributed by atoms with Gasteiger partial charge in [0.2, 0.25) is 5.91 Å². The topological polar surface area (TPSA) is 29.5 Å². The molecule has 2 aliphatic rings. The lowest BCUT2D eigenvalue weighted by Gasteiger charge is -2.42. The molecule has 134 valence electrons. The second kappa shape index (κ2) is 6.64. The van der Waals surface area contributed by atoms with Gasteiger partial charge in [-0.25, -0.2) is 0 Å². The van der Waals surface area contributed by atoms with Crippen LogP contribution in [0.4, 0.5) is 0 Å². The molecule has 1 saturated heterocycles. The van der Waals surface area contributed by atoms with Crippen molar-refractivity contribution in [2.24, 2.45) is 5.92 Å². The average molecular weight is 347 g/mol. The Kier molecular flexibility index (Phi) is 4.31. The van der Waals surface area contributed by atoms with Gasteiger partial charge >= 0.3 is 0 Å². The van der Waals surface area contributed by atoms with E-state index in [1.165, 1.54) is 11.1 Å². The Morgan fingerprint density at radius 1 is 1.04 bits per heavy atom. The van der Waals surface area contributed by atoms with Crippen molar-refractivity contribution >= 4 is 12.0 Å². The first-order valence-corrected chi connectivity index (χ1v) is 9.43. The van der Waals surface area contributed by atoms with Crippen LogP contribution in [0.5, 0.6) is 5.75 Å². The molecule has 1 amide bonds. The lowest BCUT2D eigenvalue weighted by atomic mass is 9.87. The summed E-state index contributed by atoms with van der Waals surface area (Å²) in [7, 11) is 0. The molecule has 2 heterocycles. The van der Waals surface area contributed by atoms with Crippen molar-refractivity contribution in [1.29, 1.82) is 0 Å². The highest BCUT2D eigenvalue weighted by Gasteiger charge is 2.38. The van der Waals surface area contributed by atoms with Gasteiger partial charge in [-0.2, -0.15) is 0 Å². The molecular weight excluding hydrogens is 322 g/mol. The number of rotatable bonds is 2. The minimum atomic E-state index is -0.269. The molecule has 0 aliphatic carbocycles. The minimum Gasteiger partial charge on any atom is -0.482 e.